The van der Waals surface area contributed by atoms with E-state index in [0.717, 1.165) is 12.8 Å². The smallest absolute Gasteiger partial charge is 0.0771 e. The molecule has 0 heterocycles. The minimum Gasteiger partial charge on any atom is -0.0812 e. The summed E-state index contributed by atoms with van der Waals surface area (Å²) in [5.41, 5.74) is 7.38. The van der Waals surface area contributed by atoms with Crippen molar-refractivity contribution >= 4 is 8.07 Å². The fourth-order valence-corrected chi connectivity index (χ4v) is 4.29. The van der Waals surface area contributed by atoms with E-state index in [1.54, 1.807) is 10.8 Å². The monoisotopic (exact) mass is 270 g/mol. The summed E-state index contributed by atoms with van der Waals surface area (Å²) in [5, 5.41) is 1.63. The molecule has 0 unspecified atom stereocenters. The first-order valence-corrected chi connectivity index (χ1v) is 10.7. The van der Waals surface area contributed by atoms with Crippen molar-refractivity contribution in [3.8, 4) is 0 Å². The molecular formula is C18H26Si. The lowest BCUT2D eigenvalue weighted by Crippen LogP contribution is -2.21. The molecule has 0 bridgehead atoms. The molecule has 0 fully saturated rings. The Hall–Kier alpha value is -1.08. The predicted molar refractivity (Wildman–Crippen MR) is 88.5 cm³/mol. The van der Waals surface area contributed by atoms with Gasteiger partial charge in [0.25, 0.3) is 0 Å². The Labute approximate surface area is 119 Å². The summed E-state index contributed by atoms with van der Waals surface area (Å²) in [7, 11) is -1.13. The Balaban J connectivity index is 2.21. The summed E-state index contributed by atoms with van der Waals surface area (Å²) in [4.78, 5) is 0. The van der Waals surface area contributed by atoms with Crippen molar-refractivity contribution in [1.29, 1.82) is 0 Å². The van der Waals surface area contributed by atoms with Gasteiger partial charge in [0.2, 0.25) is 0 Å². The zero-order valence-electron chi connectivity index (χ0n) is 13.2. The molecule has 0 aromatic heterocycles. The third-order valence-corrected chi connectivity index (χ3v) is 6.13. The maximum Gasteiger partial charge on any atom is 0.0771 e. The van der Waals surface area contributed by atoms with Crippen LogP contribution in [0.1, 0.15) is 28.7 Å². The lowest BCUT2D eigenvalue weighted by atomic mass is 9.94. The van der Waals surface area contributed by atoms with E-state index in [4.69, 9.17) is 0 Å². The predicted octanol–water partition coefficient (Wildman–Crippen LogP) is 5.29. The highest BCUT2D eigenvalue weighted by atomic mass is 28.3. The number of allylic oxidation sites excluding steroid dienone is 4. The molecule has 1 aliphatic rings. The molecule has 1 aliphatic carbocycles. The van der Waals surface area contributed by atoms with E-state index in [-0.39, 0.29) is 0 Å². The second-order valence-corrected chi connectivity index (χ2v) is 12.0. The molecule has 0 saturated heterocycles. The van der Waals surface area contributed by atoms with E-state index < -0.39 is 8.07 Å². The minimum atomic E-state index is -1.13. The quantitative estimate of drug-likeness (QED) is 0.655. The summed E-state index contributed by atoms with van der Waals surface area (Å²) < 4.78 is 0. The molecule has 0 aliphatic heterocycles. The van der Waals surface area contributed by atoms with E-state index in [0.29, 0.717) is 0 Å². The third-order valence-electron chi connectivity index (χ3n) is 4.05. The number of aryl methyl sites for hydroxylation is 3. The van der Waals surface area contributed by atoms with Gasteiger partial charge in [-0.2, -0.15) is 0 Å². The van der Waals surface area contributed by atoms with E-state index in [1.807, 2.05) is 0 Å². The highest BCUT2D eigenvalue weighted by Crippen LogP contribution is 2.29. The molecule has 2 rings (SSSR count). The Kier molecular flexibility index (Phi) is 3.87. The van der Waals surface area contributed by atoms with Gasteiger partial charge in [0.15, 0.2) is 0 Å². The SMILES string of the molecule is Cc1cc(C)c(CC2=CC([Si](C)(C)C)=CC2)c(C)c1. The first-order chi connectivity index (χ1) is 8.77. The van der Waals surface area contributed by atoms with E-state index in [1.165, 1.54) is 22.3 Å². The Morgan fingerprint density at radius 2 is 1.58 bits per heavy atom. The van der Waals surface area contributed by atoms with Crippen LogP contribution in [0.5, 0.6) is 0 Å². The topological polar surface area (TPSA) is 0 Å². The number of rotatable bonds is 3. The molecule has 0 amide bonds. The zero-order valence-corrected chi connectivity index (χ0v) is 14.2. The van der Waals surface area contributed by atoms with Crippen LogP contribution in [0.15, 0.2) is 35.1 Å². The molecular weight excluding hydrogens is 244 g/mol. The van der Waals surface area contributed by atoms with Crippen molar-refractivity contribution in [2.45, 2.75) is 53.3 Å². The van der Waals surface area contributed by atoms with E-state index >= 15 is 0 Å². The van der Waals surface area contributed by atoms with Gasteiger partial charge in [-0.15, -0.1) is 0 Å². The number of hydrogen-bond acceptors (Lipinski definition) is 0. The molecule has 1 aromatic rings. The molecule has 0 saturated carbocycles. The molecule has 1 heteroatoms. The van der Waals surface area contributed by atoms with Gasteiger partial charge in [0.1, 0.15) is 0 Å². The van der Waals surface area contributed by atoms with Gasteiger partial charge in [0.05, 0.1) is 8.07 Å². The summed E-state index contributed by atoms with van der Waals surface area (Å²) in [6.07, 6.45) is 7.22. The molecule has 0 N–H and O–H groups in total. The molecule has 0 atom stereocenters. The van der Waals surface area contributed by atoms with Crippen LogP contribution in [-0.2, 0) is 6.42 Å². The van der Waals surface area contributed by atoms with Crippen molar-refractivity contribution in [2.24, 2.45) is 0 Å². The average Bonchev–Trinajstić information content (AvgIpc) is 2.71. The number of benzene rings is 1. The van der Waals surface area contributed by atoms with Crippen LogP contribution in [0.2, 0.25) is 19.6 Å². The Morgan fingerprint density at radius 1 is 1.00 bits per heavy atom. The standard InChI is InChI=1S/C18H26Si/c1-13-9-14(2)18(15(3)10-13)12-16-7-8-17(11-16)19(4,5)6/h8-11H,7,12H2,1-6H3. The third kappa shape index (κ3) is 3.27. The van der Waals surface area contributed by atoms with Gasteiger partial charge in [0, 0.05) is 0 Å². The average molecular weight is 270 g/mol. The van der Waals surface area contributed by atoms with Crippen molar-refractivity contribution in [3.63, 3.8) is 0 Å². The molecule has 0 spiro atoms. The normalized spacial score (nSPS) is 15.5. The molecule has 0 radical (unpaired) electrons. The van der Waals surface area contributed by atoms with Crippen LogP contribution in [0.4, 0.5) is 0 Å². The highest BCUT2D eigenvalue weighted by Gasteiger charge is 2.21. The van der Waals surface area contributed by atoms with Crippen LogP contribution in [-0.4, -0.2) is 8.07 Å². The Bertz CT molecular complexity index is 531. The first-order valence-electron chi connectivity index (χ1n) is 7.24. The van der Waals surface area contributed by atoms with Gasteiger partial charge in [-0.3, -0.25) is 0 Å². The maximum atomic E-state index is 2.48. The minimum absolute atomic E-state index is 1.13. The van der Waals surface area contributed by atoms with E-state index in [2.05, 4.69) is 64.7 Å². The van der Waals surface area contributed by atoms with Crippen LogP contribution in [0.25, 0.3) is 0 Å². The molecule has 19 heavy (non-hydrogen) atoms. The van der Waals surface area contributed by atoms with Crippen molar-refractivity contribution in [3.05, 3.63) is 57.3 Å². The highest BCUT2D eigenvalue weighted by molar-refractivity contribution is 6.83. The van der Waals surface area contributed by atoms with Crippen molar-refractivity contribution in [2.75, 3.05) is 0 Å². The Morgan fingerprint density at radius 3 is 2.05 bits per heavy atom. The van der Waals surface area contributed by atoms with Crippen molar-refractivity contribution in [1.82, 2.24) is 0 Å². The summed E-state index contributed by atoms with van der Waals surface area (Å²) in [6, 6.07) is 4.62. The molecule has 102 valence electrons. The van der Waals surface area contributed by atoms with E-state index in [9.17, 15) is 0 Å². The second-order valence-electron chi connectivity index (χ2n) is 6.97. The van der Waals surface area contributed by atoms with Crippen LogP contribution < -0.4 is 0 Å². The summed E-state index contributed by atoms with van der Waals surface area (Å²) >= 11 is 0. The van der Waals surface area contributed by atoms with Gasteiger partial charge in [-0.25, -0.2) is 0 Å². The largest absolute Gasteiger partial charge is 0.0812 e. The van der Waals surface area contributed by atoms with Gasteiger partial charge < -0.3 is 0 Å². The van der Waals surface area contributed by atoms with Crippen molar-refractivity contribution < 1.29 is 0 Å². The molecule has 1 aromatic carbocycles. The lowest BCUT2D eigenvalue weighted by molar-refractivity contribution is 1.05. The zero-order chi connectivity index (χ0) is 14.2. The van der Waals surface area contributed by atoms with Gasteiger partial charge >= 0.3 is 0 Å². The van der Waals surface area contributed by atoms with Crippen LogP contribution >= 0.6 is 0 Å². The first kappa shape index (κ1) is 14.3. The fraction of sp³-hybridized carbons (Fsp3) is 0.444. The molecule has 0 nitrogen and oxygen atoms in total. The maximum absolute atomic E-state index is 2.48. The van der Waals surface area contributed by atoms with Gasteiger partial charge in [-0.05, 0) is 50.3 Å². The number of hydrogen-bond donors (Lipinski definition) is 0. The second kappa shape index (κ2) is 5.13. The summed E-state index contributed by atoms with van der Waals surface area (Å²) in [5.74, 6) is 0. The lowest BCUT2D eigenvalue weighted by Gasteiger charge is -2.16. The van der Waals surface area contributed by atoms with Gasteiger partial charge in [-0.1, -0.05) is 60.3 Å². The van der Waals surface area contributed by atoms with Crippen LogP contribution in [0, 0.1) is 20.8 Å². The summed E-state index contributed by atoms with van der Waals surface area (Å²) in [6.45, 7) is 14.0. The van der Waals surface area contributed by atoms with Crippen LogP contribution in [0.3, 0.4) is 0 Å². The fourth-order valence-electron chi connectivity index (χ4n) is 2.94.